The molecule has 0 amide bonds. The quantitative estimate of drug-likeness (QED) is 0.608. The lowest BCUT2D eigenvalue weighted by atomic mass is 10.1. The number of hydrazine groups is 1. The molecule has 0 aliphatic rings. The monoisotopic (exact) mass is 278 g/mol. The highest BCUT2D eigenvalue weighted by Crippen LogP contribution is 2.29. The number of aromatic nitrogens is 4. The molecule has 3 N–H and O–H groups in total. The van der Waals surface area contributed by atoms with Crippen LogP contribution in [0.2, 0.25) is 0 Å². The third-order valence-corrected chi connectivity index (χ3v) is 3.33. The number of hydrogen-bond acceptors (Lipinski definition) is 5. The van der Waals surface area contributed by atoms with Crippen molar-refractivity contribution < 1.29 is 4.74 Å². The van der Waals surface area contributed by atoms with Gasteiger partial charge in [-0.25, -0.2) is 5.43 Å². The van der Waals surface area contributed by atoms with Gasteiger partial charge in [0.25, 0.3) is 0 Å². The molecule has 0 aliphatic heterocycles. The molecule has 0 fully saturated rings. The van der Waals surface area contributed by atoms with E-state index >= 15 is 0 Å². The highest BCUT2D eigenvalue weighted by molar-refractivity contribution is 5.34. The SMILES string of the molecule is CCn1nc(C)cc1C(NN)c1c(OC)cnn1CC. The van der Waals surface area contributed by atoms with Gasteiger partial charge in [0.05, 0.1) is 24.7 Å². The number of nitrogens with one attached hydrogen (secondary N) is 1. The molecular formula is C13H22N6O. The van der Waals surface area contributed by atoms with Gasteiger partial charge in [-0.1, -0.05) is 0 Å². The molecular weight excluding hydrogens is 256 g/mol. The summed E-state index contributed by atoms with van der Waals surface area (Å²) >= 11 is 0. The van der Waals surface area contributed by atoms with Gasteiger partial charge < -0.3 is 4.74 Å². The fourth-order valence-electron chi connectivity index (χ4n) is 2.43. The lowest BCUT2D eigenvalue weighted by molar-refractivity contribution is 0.396. The Balaban J connectivity index is 2.54. The van der Waals surface area contributed by atoms with Crippen LogP contribution < -0.4 is 16.0 Å². The second-order valence-corrected chi connectivity index (χ2v) is 4.54. The second kappa shape index (κ2) is 6.06. The zero-order valence-corrected chi connectivity index (χ0v) is 12.4. The summed E-state index contributed by atoms with van der Waals surface area (Å²) in [5.74, 6) is 6.51. The Hall–Kier alpha value is -1.86. The normalized spacial score (nSPS) is 12.7. The van der Waals surface area contributed by atoms with E-state index in [1.807, 2.05) is 29.3 Å². The molecule has 0 spiro atoms. The van der Waals surface area contributed by atoms with Crippen LogP contribution in [0.25, 0.3) is 0 Å². The summed E-state index contributed by atoms with van der Waals surface area (Å²) < 4.78 is 9.22. The summed E-state index contributed by atoms with van der Waals surface area (Å²) in [4.78, 5) is 0. The minimum absolute atomic E-state index is 0.214. The Bertz CT molecular complexity index is 552. The minimum atomic E-state index is -0.214. The average Bonchev–Trinajstić information content (AvgIpc) is 3.03. The maximum absolute atomic E-state index is 5.79. The molecule has 2 aromatic rings. The predicted molar refractivity (Wildman–Crippen MR) is 76.3 cm³/mol. The third-order valence-electron chi connectivity index (χ3n) is 3.33. The standard InChI is InChI=1S/C13H22N6O/c1-5-18-10(7-9(3)17-18)12(16-14)13-11(20-4)8-15-19(13)6-2/h7-8,12,16H,5-6,14H2,1-4H3. The average molecular weight is 278 g/mol. The van der Waals surface area contributed by atoms with Gasteiger partial charge in [0.2, 0.25) is 0 Å². The Morgan fingerprint density at radius 2 is 2.05 bits per heavy atom. The van der Waals surface area contributed by atoms with E-state index < -0.39 is 0 Å². The van der Waals surface area contributed by atoms with Gasteiger partial charge in [0.15, 0.2) is 5.75 Å². The molecule has 0 bridgehead atoms. The van der Waals surface area contributed by atoms with E-state index in [4.69, 9.17) is 10.6 Å². The van der Waals surface area contributed by atoms with Crippen molar-refractivity contribution in [3.8, 4) is 5.75 Å². The van der Waals surface area contributed by atoms with Crippen LogP contribution in [0.5, 0.6) is 5.75 Å². The molecule has 2 aromatic heterocycles. The Morgan fingerprint density at radius 1 is 1.35 bits per heavy atom. The molecule has 20 heavy (non-hydrogen) atoms. The molecule has 2 rings (SSSR count). The first-order valence-electron chi connectivity index (χ1n) is 6.76. The van der Waals surface area contributed by atoms with E-state index in [9.17, 15) is 0 Å². The Labute approximate surface area is 118 Å². The molecule has 0 radical (unpaired) electrons. The third kappa shape index (κ3) is 2.41. The van der Waals surface area contributed by atoms with Crippen LogP contribution in [-0.4, -0.2) is 26.7 Å². The number of aryl methyl sites for hydroxylation is 3. The molecule has 0 saturated heterocycles. The summed E-state index contributed by atoms with van der Waals surface area (Å²) in [6, 6.07) is 1.81. The summed E-state index contributed by atoms with van der Waals surface area (Å²) in [5, 5.41) is 8.80. The van der Waals surface area contributed by atoms with Gasteiger partial charge >= 0.3 is 0 Å². The minimum Gasteiger partial charge on any atom is -0.493 e. The predicted octanol–water partition coefficient (Wildman–Crippen LogP) is 0.989. The highest BCUT2D eigenvalue weighted by atomic mass is 16.5. The van der Waals surface area contributed by atoms with Crippen molar-refractivity contribution in [2.45, 2.75) is 39.9 Å². The van der Waals surface area contributed by atoms with Gasteiger partial charge in [-0.05, 0) is 26.8 Å². The number of nitrogens with two attached hydrogens (primary N) is 1. The summed E-state index contributed by atoms with van der Waals surface area (Å²) in [6.07, 6.45) is 1.71. The van der Waals surface area contributed by atoms with Crippen LogP contribution in [0.3, 0.4) is 0 Å². The molecule has 1 unspecified atom stereocenters. The summed E-state index contributed by atoms with van der Waals surface area (Å²) in [5.41, 5.74) is 5.73. The first-order valence-corrected chi connectivity index (χ1v) is 6.76. The van der Waals surface area contributed by atoms with Crippen molar-refractivity contribution in [2.24, 2.45) is 5.84 Å². The molecule has 0 aliphatic carbocycles. The van der Waals surface area contributed by atoms with E-state index in [-0.39, 0.29) is 6.04 Å². The molecule has 2 heterocycles. The Morgan fingerprint density at radius 3 is 2.60 bits per heavy atom. The largest absolute Gasteiger partial charge is 0.493 e. The highest BCUT2D eigenvalue weighted by Gasteiger charge is 2.25. The summed E-state index contributed by atoms with van der Waals surface area (Å²) in [6.45, 7) is 7.58. The van der Waals surface area contributed by atoms with E-state index in [1.165, 1.54) is 0 Å². The molecule has 7 heteroatoms. The number of methoxy groups -OCH3 is 1. The smallest absolute Gasteiger partial charge is 0.162 e. The molecule has 110 valence electrons. The number of ether oxygens (including phenoxy) is 1. The van der Waals surface area contributed by atoms with E-state index in [0.717, 1.165) is 35.9 Å². The fraction of sp³-hybridized carbons (Fsp3) is 0.538. The molecule has 7 nitrogen and oxygen atoms in total. The topological polar surface area (TPSA) is 82.9 Å². The lowest BCUT2D eigenvalue weighted by Gasteiger charge is -2.19. The second-order valence-electron chi connectivity index (χ2n) is 4.54. The van der Waals surface area contributed by atoms with Crippen molar-refractivity contribution >= 4 is 0 Å². The first kappa shape index (κ1) is 14.5. The molecule has 0 saturated carbocycles. The maximum atomic E-state index is 5.79. The lowest BCUT2D eigenvalue weighted by Crippen LogP contribution is -2.32. The van der Waals surface area contributed by atoms with Crippen molar-refractivity contribution in [1.82, 2.24) is 25.0 Å². The van der Waals surface area contributed by atoms with Crippen LogP contribution >= 0.6 is 0 Å². The zero-order chi connectivity index (χ0) is 14.7. The van der Waals surface area contributed by atoms with Gasteiger partial charge in [-0.3, -0.25) is 15.2 Å². The number of hydrogen-bond donors (Lipinski definition) is 2. The first-order chi connectivity index (χ1) is 9.65. The summed E-state index contributed by atoms with van der Waals surface area (Å²) in [7, 11) is 1.64. The van der Waals surface area contributed by atoms with Crippen LogP contribution in [0.15, 0.2) is 12.3 Å². The van der Waals surface area contributed by atoms with E-state index in [2.05, 4.69) is 22.5 Å². The van der Waals surface area contributed by atoms with Crippen LogP contribution in [0.1, 0.15) is 37.0 Å². The fourth-order valence-corrected chi connectivity index (χ4v) is 2.43. The molecule has 1 atom stereocenters. The van der Waals surface area contributed by atoms with Crippen LogP contribution in [-0.2, 0) is 13.1 Å². The van der Waals surface area contributed by atoms with Gasteiger partial charge in [-0.15, -0.1) is 0 Å². The number of rotatable bonds is 6. The van der Waals surface area contributed by atoms with Gasteiger partial charge in [0, 0.05) is 13.1 Å². The van der Waals surface area contributed by atoms with Crippen LogP contribution in [0.4, 0.5) is 0 Å². The van der Waals surface area contributed by atoms with Crippen molar-refractivity contribution in [3.63, 3.8) is 0 Å². The van der Waals surface area contributed by atoms with Crippen LogP contribution in [0, 0.1) is 6.92 Å². The van der Waals surface area contributed by atoms with Gasteiger partial charge in [0.1, 0.15) is 11.7 Å². The Kier molecular flexibility index (Phi) is 4.41. The van der Waals surface area contributed by atoms with Crippen molar-refractivity contribution in [1.29, 1.82) is 0 Å². The van der Waals surface area contributed by atoms with Crippen molar-refractivity contribution in [3.05, 3.63) is 29.3 Å². The van der Waals surface area contributed by atoms with E-state index in [1.54, 1.807) is 13.3 Å². The maximum Gasteiger partial charge on any atom is 0.162 e. The van der Waals surface area contributed by atoms with E-state index in [0.29, 0.717) is 0 Å². The van der Waals surface area contributed by atoms with Crippen molar-refractivity contribution in [2.75, 3.05) is 7.11 Å². The zero-order valence-electron chi connectivity index (χ0n) is 12.4. The van der Waals surface area contributed by atoms with Gasteiger partial charge in [-0.2, -0.15) is 10.2 Å². The number of nitrogens with zero attached hydrogens (tertiary/aromatic N) is 4. The molecule has 0 aromatic carbocycles.